The number of aliphatic imine (C=N–C) groups is 1. The summed E-state index contributed by atoms with van der Waals surface area (Å²) in [5.74, 6) is 2.01. The Kier molecular flexibility index (Phi) is 8.58. The molecule has 0 aliphatic heterocycles. The number of rotatable bonds is 9. The van der Waals surface area contributed by atoms with Crippen molar-refractivity contribution in [3.05, 3.63) is 17.5 Å². The van der Waals surface area contributed by atoms with Crippen molar-refractivity contribution in [1.82, 2.24) is 20.7 Å². The lowest BCUT2D eigenvalue weighted by atomic mass is 10.1. The van der Waals surface area contributed by atoms with Crippen molar-refractivity contribution in [2.75, 3.05) is 33.2 Å². The molecule has 0 atom stereocenters. The Balaban J connectivity index is 2.27. The molecule has 22 heavy (non-hydrogen) atoms. The Hall–Kier alpha value is -1.56. The van der Waals surface area contributed by atoms with Crippen LogP contribution in [0.5, 0.6) is 0 Å². The average molecular weight is 309 g/mol. The summed E-state index contributed by atoms with van der Waals surface area (Å²) in [6, 6.07) is 1.99. The summed E-state index contributed by atoms with van der Waals surface area (Å²) in [7, 11) is 1.78. The molecule has 1 aromatic heterocycles. The predicted octanol–water partition coefficient (Wildman–Crippen LogP) is 2.19. The van der Waals surface area contributed by atoms with Crippen LogP contribution in [0, 0.1) is 0 Å². The van der Waals surface area contributed by atoms with Crippen LogP contribution in [0.3, 0.4) is 0 Å². The van der Waals surface area contributed by atoms with Gasteiger partial charge < -0.3 is 20.1 Å². The van der Waals surface area contributed by atoms with E-state index < -0.39 is 0 Å². The van der Waals surface area contributed by atoms with Crippen molar-refractivity contribution < 1.29 is 4.52 Å². The van der Waals surface area contributed by atoms with Gasteiger partial charge in [-0.25, -0.2) is 0 Å². The topological polar surface area (TPSA) is 65.7 Å². The van der Waals surface area contributed by atoms with Crippen molar-refractivity contribution in [3.8, 4) is 0 Å². The molecule has 0 aromatic carbocycles. The van der Waals surface area contributed by atoms with Gasteiger partial charge in [0.25, 0.3) is 0 Å². The summed E-state index contributed by atoms with van der Waals surface area (Å²) in [5, 5.41) is 10.6. The number of guanidine groups is 1. The minimum absolute atomic E-state index is 0.384. The van der Waals surface area contributed by atoms with Gasteiger partial charge in [0.15, 0.2) is 11.7 Å². The van der Waals surface area contributed by atoms with Crippen LogP contribution in [-0.4, -0.2) is 49.2 Å². The van der Waals surface area contributed by atoms with Crippen LogP contribution in [0.25, 0.3) is 0 Å². The SMILES string of the molecule is CCN(CC)CCCNC(=NC)NCc1cc(C(C)C)no1. The molecular weight excluding hydrogens is 278 g/mol. The minimum atomic E-state index is 0.384. The van der Waals surface area contributed by atoms with Crippen molar-refractivity contribution in [2.45, 2.75) is 46.6 Å². The zero-order valence-corrected chi connectivity index (χ0v) is 14.6. The molecule has 126 valence electrons. The van der Waals surface area contributed by atoms with Crippen LogP contribution in [0.1, 0.15) is 51.5 Å². The second-order valence-corrected chi connectivity index (χ2v) is 5.61. The standard InChI is InChI=1S/C16H31N5O/c1-6-21(7-2)10-8-9-18-16(17-5)19-12-14-11-15(13(3)4)20-22-14/h11,13H,6-10,12H2,1-5H3,(H2,17,18,19). The molecule has 6 nitrogen and oxygen atoms in total. The van der Waals surface area contributed by atoms with E-state index in [9.17, 15) is 0 Å². The summed E-state index contributed by atoms with van der Waals surface area (Å²) in [4.78, 5) is 6.64. The quantitative estimate of drug-likeness (QED) is 0.416. The molecule has 0 saturated heterocycles. The molecule has 1 heterocycles. The highest BCUT2D eigenvalue weighted by Crippen LogP contribution is 2.13. The zero-order chi connectivity index (χ0) is 16.4. The molecule has 0 spiro atoms. The molecule has 0 aliphatic rings. The molecule has 0 amide bonds. The largest absolute Gasteiger partial charge is 0.359 e. The van der Waals surface area contributed by atoms with E-state index in [1.807, 2.05) is 6.07 Å². The first-order valence-electron chi connectivity index (χ1n) is 8.23. The lowest BCUT2D eigenvalue weighted by Crippen LogP contribution is -2.38. The third kappa shape index (κ3) is 6.47. The van der Waals surface area contributed by atoms with E-state index in [2.05, 4.69) is 53.4 Å². The predicted molar refractivity (Wildman–Crippen MR) is 91.2 cm³/mol. The van der Waals surface area contributed by atoms with E-state index >= 15 is 0 Å². The van der Waals surface area contributed by atoms with Gasteiger partial charge in [-0.3, -0.25) is 4.99 Å². The third-order valence-electron chi connectivity index (χ3n) is 3.66. The second-order valence-electron chi connectivity index (χ2n) is 5.61. The maximum Gasteiger partial charge on any atom is 0.191 e. The number of hydrogen-bond acceptors (Lipinski definition) is 4. The lowest BCUT2D eigenvalue weighted by molar-refractivity contribution is 0.300. The molecule has 0 unspecified atom stereocenters. The maximum atomic E-state index is 5.31. The Morgan fingerprint density at radius 3 is 2.59 bits per heavy atom. The van der Waals surface area contributed by atoms with Gasteiger partial charge >= 0.3 is 0 Å². The zero-order valence-electron chi connectivity index (χ0n) is 14.6. The summed E-state index contributed by atoms with van der Waals surface area (Å²) in [6.07, 6.45) is 1.10. The van der Waals surface area contributed by atoms with Crippen molar-refractivity contribution >= 4 is 5.96 Å². The molecule has 0 radical (unpaired) electrons. The normalized spacial score (nSPS) is 12.2. The van der Waals surface area contributed by atoms with Crippen LogP contribution >= 0.6 is 0 Å². The molecule has 1 rings (SSSR count). The fourth-order valence-corrected chi connectivity index (χ4v) is 2.13. The van der Waals surface area contributed by atoms with Crippen LogP contribution in [0.2, 0.25) is 0 Å². The Bertz CT molecular complexity index is 437. The van der Waals surface area contributed by atoms with E-state index in [1.165, 1.54) is 0 Å². The van der Waals surface area contributed by atoms with Crippen LogP contribution in [-0.2, 0) is 6.54 Å². The number of aromatic nitrogens is 1. The Morgan fingerprint density at radius 1 is 1.32 bits per heavy atom. The fraction of sp³-hybridized carbons (Fsp3) is 0.750. The van der Waals surface area contributed by atoms with E-state index in [4.69, 9.17) is 4.52 Å². The molecule has 2 N–H and O–H groups in total. The van der Waals surface area contributed by atoms with Gasteiger partial charge in [0, 0.05) is 19.7 Å². The summed E-state index contributed by atoms with van der Waals surface area (Å²) in [5.41, 5.74) is 0.985. The Labute approximate surface area is 134 Å². The highest BCUT2D eigenvalue weighted by atomic mass is 16.5. The molecule has 6 heteroatoms. The summed E-state index contributed by atoms with van der Waals surface area (Å²) in [6.45, 7) is 13.4. The van der Waals surface area contributed by atoms with E-state index in [0.717, 1.165) is 50.0 Å². The number of hydrogen-bond donors (Lipinski definition) is 2. The first-order chi connectivity index (χ1) is 10.6. The first kappa shape index (κ1) is 18.5. The second kappa shape index (κ2) is 10.2. The molecule has 0 fully saturated rings. The van der Waals surface area contributed by atoms with Gasteiger partial charge in [0.1, 0.15) is 0 Å². The average Bonchev–Trinajstić information content (AvgIpc) is 2.99. The number of nitrogens with zero attached hydrogens (tertiary/aromatic N) is 3. The van der Waals surface area contributed by atoms with E-state index in [-0.39, 0.29) is 0 Å². The van der Waals surface area contributed by atoms with Crippen molar-refractivity contribution in [2.24, 2.45) is 4.99 Å². The number of nitrogens with one attached hydrogen (secondary N) is 2. The molecule has 0 saturated carbocycles. The van der Waals surface area contributed by atoms with Gasteiger partial charge in [-0.05, 0) is 32.0 Å². The summed E-state index contributed by atoms with van der Waals surface area (Å²) < 4.78 is 5.31. The van der Waals surface area contributed by atoms with Gasteiger partial charge in [-0.2, -0.15) is 0 Å². The molecule has 0 aliphatic carbocycles. The van der Waals surface area contributed by atoms with E-state index in [1.54, 1.807) is 7.05 Å². The first-order valence-corrected chi connectivity index (χ1v) is 8.23. The highest BCUT2D eigenvalue weighted by molar-refractivity contribution is 5.79. The van der Waals surface area contributed by atoms with Crippen molar-refractivity contribution in [1.29, 1.82) is 0 Å². The van der Waals surface area contributed by atoms with Gasteiger partial charge in [0.2, 0.25) is 0 Å². The Morgan fingerprint density at radius 2 is 2.05 bits per heavy atom. The van der Waals surface area contributed by atoms with Crippen LogP contribution in [0.15, 0.2) is 15.6 Å². The van der Waals surface area contributed by atoms with Crippen LogP contribution in [0.4, 0.5) is 0 Å². The summed E-state index contributed by atoms with van der Waals surface area (Å²) >= 11 is 0. The third-order valence-corrected chi connectivity index (χ3v) is 3.66. The van der Waals surface area contributed by atoms with Gasteiger partial charge in [-0.15, -0.1) is 0 Å². The fourth-order valence-electron chi connectivity index (χ4n) is 2.13. The molecule has 0 bridgehead atoms. The van der Waals surface area contributed by atoms with Crippen molar-refractivity contribution in [3.63, 3.8) is 0 Å². The monoisotopic (exact) mass is 309 g/mol. The molecule has 1 aromatic rings. The van der Waals surface area contributed by atoms with Gasteiger partial charge in [0.05, 0.1) is 12.2 Å². The van der Waals surface area contributed by atoms with Crippen LogP contribution < -0.4 is 10.6 Å². The maximum absolute atomic E-state index is 5.31. The van der Waals surface area contributed by atoms with Gasteiger partial charge in [-0.1, -0.05) is 32.9 Å². The lowest BCUT2D eigenvalue weighted by Gasteiger charge is -2.18. The highest BCUT2D eigenvalue weighted by Gasteiger charge is 2.08. The van der Waals surface area contributed by atoms with E-state index in [0.29, 0.717) is 12.5 Å². The smallest absolute Gasteiger partial charge is 0.191 e. The minimum Gasteiger partial charge on any atom is -0.359 e. The molecular formula is C16H31N5O.